The third kappa shape index (κ3) is 5.55. The van der Waals surface area contributed by atoms with Crippen molar-refractivity contribution < 1.29 is 19.1 Å². The molecule has 3 rings (SSSR count). The van der Waals surface area contributed by atoms with Crippen LogP contribution in [0.1, 0.15) is 56.3 Å². The quantitative estimate of drug-likeness (QED) is 0.632. The van der Waals surface area contributed by atoms with Crippen molar-refractivity contribution in [1.29, 1.82) is 0 Å². The number of carbonyl (C=O) groups excluding carboxylic acids is 2. The van der Waals surface area contributed by atoms with Gasteiger partial charge in [0, 0.05) is 32.7 Å². The third-order valence-corrected chi connectivity index (χ3v) is 7.07. The second-order valence-electron chi connectivity index (χ2n) is 9.11. The summed E-state index contributed by atoms with van der Waals surface area (Å²) < 4.78 is 10.8. The monoisotopic (exact) mass is 445 g/mol. The van der Waals surface area contributed by atoms with Crippen LogP contribution in [-0.2, 0) is 4.79 Å². The molecule has 1 aliphatic carbocycles. The summed E-state index contributed by atoms with van der Waals surface area (Å²) >= 11 is 0. The van der Waals surface area contributed by atoms with E-state index in [0.717, 1.165) is 25.8 Å². The number of benzene rings is 1. The zero-order valence-electron chi connectivity index (χ0n) is 20.1. The van der Waals surface area contributed by atoms with Gasteiger partial charge in [0.05, 0.1) is 20.3 Å². The van der Waals surface area contributed by atoms with E-state index >= 15 is 0 Å². The first-order valence-corrected chi connectivity index (χ1v) is 12.0. The molecule has 2 aliphatic rings. The van der Waals surface area contributed by atoms with E-state index < -0.39 is 0 Å². The van der Waals surface area contributed by atoms with Crippen LogP contribution >= 0.6 is 0 Å². The van der Waals surface area contributed by atoms with Crippen molar-refractivity contribution in [3.63, 3.8) is 0 Å². The van der Waals surface area contributed by atoms with E-state index in [1.165, 1.54) is 12.8 Å². The van der Waals surface area contributed by atoms with E-state index in [1.807, 2.05) is 11.0 Å². The Labute approximate surface area is 192 Å². The number of rotatable bonds is 9. The topological polar surface area (TPSA) is 71.1 Å². The van der Waals surface area contributed by atoms with Crippen LogP contribution in [0.3, 0.4) is 0 Å². The van der Waals surface area contributed by atoms with Gasteiger partial charge in [-0.05, 0) is 36.8 Å². The smallest absolute Gasteiger partial charge is 0.261 e. The number of ether oxygens (including phenoxy) is 2. The van der Waals surface area contributed by atoms with E-state index in [4.69, 9.17) is 9.47 Å². The van der Waals surface area contributed by atoms with Crippen molar-refractivity contribution in [3.8, 4) is 11.5 Å². The Morgan fingerprint density at radius 2 is 1.66 bits per heavy atom. The van der Waals surface area contributed by atoms with Gasteiger partial charge in [0.25, 0.3) is 5.91 Å². The van der Waals surface area contributed by atoms with Crippen LogP contribution in [0.25, 0.3) is 0 Å². The van der Waals surface area contributed by atoms with E-state index in [1.54, 1.807) is 26.4 Å². The van der Waals surface area contributed by atoms with E-state index in [2.05, 4.69) is 24.1 Å². The van der Waals surface area contributed by atoms with E-state index in [0.29, 0.717) is 55.1 Å². The molecule has 1 N–H and O–H groups in total. The van der Waals surface area contributed by atoms with Crippen LogP contribution in [0.5, 0.6) is 11.5 Å². The van der Waals surface area contributed by atoms with E-state index in [-0.39, 0.29) is 17.9 Å². The number of methoxy groups -OCH3 is 2. The number of piperazine rings is 1. The number of amides is 2. The highest BCUT2D eigenvalue weighted by molar-refractivity contribution is 5.99. The van der Waals surface area contributed by atoms with Gasteiger partial charge in [0.1, 0.15) is 17.1 Å². The molecule has 32 heavy (non-hydrogen) atoms. The molecule has 2 amide bonds. The Kier molecular flexibility index (Phi) is 8.79. The lowest BCUT2D eigenvalue weighted by Crippen LogP contribution is -2.58. The minimum absolute atomic E-state index is 0.0856. The molecule has 1 aromatic rings. The molecule has 0 radical (unpaired) electrons. The third-order valence-electron chi connectivity index (χ3n) is 7.07. The molecule has 7 nitrogen and oxygen atoms in total. The fourth-order valence-electron chi connectivity index (χ4n) is 4.90. The summed E-state index contributed by atoms with van der Waals surface area (Å²) in [7, 11) is 3.13. The fourth-order valence-corrected chi connectivity index (χ4v) is 4.90. The second kappa shape index (κ2) is 11.5. The molecule has 0 spiro atoms. The molecule has 1 aliphatic heterocycles. The molecule has 0 aromatic heterocycles. The molecule has 178 valence electrons. The van der Waals surface area contributed by atoms with Gasteiger partial charge in [-0.3, -0.25) is 14.5 Å². The largest absolute Gasteiger partial charge is 0.496 e. The number of nitrogens with one attached hydrogen (secondary N) is 1. The van der Waals surface area contributed by atoms with Crippen LogP contribution in [0, 0.1) is 11.8 Å². The molecule has 0 bridgehead atoms. The Morgan fingerprint density at radius 3 is 2.19 bits per heavy atom. The molecule has 7 heteroatoms. The Bertz CT molecular complexity index is 748. The number of carbonyl (C=O) groups is 2. The van der Waals surface area contributed by atoms with Crippen molar-refractivity contribution in [2.24, 2.45) is 11.8 Å². The average Bonchev–Trinajstić information content (AvgIpc) is 3.36. The van der Waals surface area contributed by atoms with Gasteiger partial charge in [-0.15, -0.1) is 0 Å². The molecular weight excluding hydrogens is 406 g/mol. The fraction of sp³-hybridized carbons (Fsp3) is 0.680. The van der Waals surface area contributed by atoms with E-state index in [9.17, 15) is 9.59 Å². The standard InChI is InChI=1S/C25H39N3O4/c1-5-18(2)17-26-24(29)23(19-9-6-7-10-19)27-13-15-28(16-14-27)25(30)22-20(31-3)11-8-12-21(22)32-4/h8,11-12,18-19,23H,5-7,9-10,13-17H2,1-4H3,(H,26,29)/t18-,23+/m1/s1. The molecule has 1 saturated carbocycles. The van der Waals surface area contributed by atoms with Crippen LogP contribution in [0.2, 0.25) is 0 Å². The van der Waals surface area contributed by atoms with Crippen LogP contribution < -0.4 is 14.8 Å². The zero-order valence-corrected chi connectivity index (χ0v) is 20.1. The lowest BCUT2D eigenvalue weighted by Gasteiger charge is -2.41. The first-order chi connectivity index (χ1) is 15.5. The highest BCUT2D eigenvalue weighted by Gasteiger charge is 2.38. The summed E-state index contributed by atoms with van der Waals surface area (Å²) in [6.45, 7) is 7.61. The highest BCUT2D eigenvalue weighted by Crippen LogP contribution is 2.32. The van der Waals surface area contributed by atoms with Gasteiger partial charge in [-0.25, -0.2) is 0 Å². The Hall–Kier alpha value is -2.28. The summed E-state index contributed by atoms with van der Waals surface area (Å²) in [5, 5.41) is 3.20. The minimum Gasteiger partial charge on any atom is -0.496 e. The van der Waals surface area contributed by atoms with Gasteiger partial charge >= 0.3 is 0 Å². The second-order valence-corrected chi connectivity index (χ2v) is 9.11. The van der Waals surface area contributed by atoms with Gasteiger partial charge in [0.2, 0.25) is 5.91 Å². The molecule has 2 atom stereocenters. The average molecular weight is 446 g/mol. The summed E-state index contributed by atoms with van der Waals surface area (Å²) in [5.74, 6) is 1.99. The molecule has 1 heterocycles. The normalized spacial score (nSPS) is 19.4. The summed E-state index contributed by atoms with van der Waals surface area (Å²) in [6.07, 6.45) is 5.68. The predicted molar refractivity (Wildman–Crippen MR) is 125 cm³/mol. The summed E-state index contributed by atoms with van der Waals surface area (Å²) in [5.41, 5.74) is 0.463. The summed E-state index contributed by atoms with van der Waals surface area (Å²) in [4.78, 5) is 30.6. The first-order valence-electron chi connectivity index (χ1n) is 12.0. The van der Waals surface area contributed by atoms with Crippen LogP contribution in [0.15, 0.2) is 18.2 Å². The Morgan fingerprint density at radius 1 is 1.06 bits per heavy atom. The number of hydrogen-bond donors (Lipinski definition) is 1. The molecule has 0 unspecified atom stereocenters. The maximum Gasteiger partial charge on any atom is 0.261 e. The van der Waals surface area contributed by atoms with Gasteiger partial charge in [-0.1, -0.05) is 39.2 Å². The Balaban J connectivity index is 1.68. The van der Waals surface area contributed by atoms with Crippen molar-refractivity contribution in [2.75, 3.05) is 46.9 Å². The van der Waals surface area contributed by atoms with Gasteiger partial charge in [0.15, 0.2) is 0 Å². The van der Waals surface area contributed by atoms with Gasteiger partial charge < -0.3 is 19.7 Å². The van der Waals surface area contributed by atoms with Crippen LogP contribution in [-0.4, -0.2) is 74.6 Å². The predicted octanol–water partition coefficient (Wildman–Crippen LogP) is 3.18. The maximum atomic E-state index is 13.3. The van der Waals surface area contributed by atoms with Crippen molar-refractivity contribution in [1.82, 2.24) is 15.1 Å². The van der Waals surface area contributed by atoms with Crippen LogP contribution in [0.4, 0.5) is 0 Å². The molecule has 1 aromatic carbocycles. The number of hydrogen-bond acceptors (Lipinski definition) is 5. The lowest BCUT2D eigenvalue weighted by atomic mass is 9.94. The zero-order chi connectivity index (χ0) is 23.1. The molecule has 1 saturated heterocycles. The van der Waals surface area contributed by atoms with Gasteiger partial charge in [-0.2, -0.15) is 0 Å². The molecule has 2 fully saturated rings. The van der Waals surface area contributed by atoms with Crippen molar-refractivity contribution in [3.05, 3.63) is 23.8 Å². The lowest BCUT2D eigenvalue weighted by molar-refractivity contribution is -0.129. The molecular formula is C25H39N3O4. The SMILES string of the molecule is CC[C@@H](C)CNC(=O)[C@H](C1CCCC1)N1CCN(C(=O)c2c(OC)cccc2OC)CC1. The van der Waals surface area contributed by atoms with Crippen molar-refractivity contribution >= 4 is 11.8 Å². The maximum absolute atomic E-state index is 13.3. The number of nitrogens with zero attached hydrogens (tertiary/aromatic N) is 2. The minimum atomic E-state index is -0.0976. The first kappa shape index (κ1) is 24.4. The van der Waals surface area contributed by atoms with Crippen molar-refractivity contribution in [2.45, 2.75) is 52.0 Å². The highest BCUT2D eigenvalue weighted by atomic mass is 16.5. The summed E-state index contributed by atoms with van der Waals surface area (Å²) in [6, 6.07) is 5.28.